The third kappa shape index (κ3) is 8.21. The minimum absolute atomic E-state index is 0.352. The van der Waals surface area contributed by atoms with Crippen LogP contribution in [-0.2, 0) is 9.47 Å². The number of hydrogen-bond donors (Lipinski definition) is 0. The quantitative estimate of drug-likeness (QED) is 0.260. The zero-order valence-electron chi connectivity index (χ0n) is 15.4. The maximum Gasteiger partial charge on any atom is 0.170 e. The molecular formula is C19H40O2. The van der Waals surface area contributed by atoms with E-state index >= 15 is 0 Å². The van der Waals surface area contributed by atoms with Crippen molar-refractivity contribution < 1.29 is 9.47 Å². The Labute approximate surface area is 134 Å². The molecule has 2 nitrogen and oxygen atoms in total. The largest absolute Gasteiger partial charge is 0.353 e. The second-order valence-electron chi connectivity index (χ2n) is 6.37. The van der Waals surface area contributed by atoms with Crippen molar-refractivity contribution in [3.63, 3.8) is 0 Å². The van der Waals surface area contributed by atoms with E-state index in [2.05, 4.69) is 20.8 Å². The molecular weight excluding hydrogens is 260 g/mol. The number of methoxy groups -OCH3 is 2. The third-order valence-electron chi connectivity index (χ3n) is 4.74. The monoisotopic (exact) mass is 300 g/mol. The molecule has 0 heterocycles. The highest BCUT2D eigenvalue weighted by Crippen LogP contribution is 2.35. The summed E-state index contributed by atoms with van der Waals surface area (Å²) in [5.41, 5.74) is 0. The van der Waals surface area contributed by atoms with Crippen LogP contribution in [-0.4, -0.2) is 20.0 Å². The molecule has 21 heavy (non-hydrogen) atoms. The van der Waals surface area contributed by atoms with Crippen molar-refractivity contribution in [1.29, 1.82) is 0 Å². The Hall–Kier alpha value is -0.0800. The van der Waals surface area contributed by atoms with E-state index in [0.29, 0.717) is 5.92 Å². The van der Waals surface area contributed by atoms with Crippen molar-refractivity contribution in [3.8, 4) is 0 Å². The van der Waals surface area contributed by atoms with Crippen LogP contribution < -0.4 is 0 Å². The van der Waals surface area contributed by atoms with Gasteiger partial charge in [-0.1, -0.05) is 72.1 Å². The van der Waals surface area contributed by atoms with Crippen LogP contribution in [0.4, 0.5) is 0 Å². The Morgan fingerprint density at radius 3 is 1.76 bits per heavy atom. The van der Waals surface area contributed by atoms with Crippen LogP contribution in [0.25, 0.3) is 0 Å². The zero-order valence-corrected chi connectivity index (χ0v) is 15.4. The highest BCUT2D eigenvalue weighted by atomic mass is 16.7. The molecule has 128 valence electrons. The summed E-state index contributed by atoms with van der Waals surface area (Å²) in [6, 6.07) is 0. The van der Waals surface area contributed by atoms with E-state index < -0.39 is 0 Å². The fourth-order valence-electron chi connectivity index (χ4n) is 3.35. The third-order valence-corrected chi connectivity index (χ3v) is 4.74. The number of hydrogen-bond acceptors (Lipinski definition) is 2. The molecule has 0 aromatic carbocycles. The molecule has 0 aliphatic heterocycles. The van der Waals surface area contributed by atoms with Crippen molar-refractivity contribution in [2.45, 2.75) is 104 Å². The van der Waals surface area contributed by atoms with Crippen LogP contribution in [0, 0.1) is 5.92 Å². The predicted molar refractivity (Wildman–Crippen MR) is 92.7 cm³/mol. The Bertz CT molecular complexity index is 212. The zero-order chi connectivity index (χ0) is 16.0. The Morgan fingerprint density at radius 1 is 0.667 bits per heavy atom. The Balaban J connectivity index is 4.37. The van der Waals surface area contributed by atoms with Gasteiger partial charge in [0, 0.05) is 26.6 Å². The van der Waals surface area contributed by atoms with Gasteiger partial charge in [0.15, 0.2) is 5.79 Å². The lowest BCUT2D eigenvalue weighted by molar-refractivity contribution is -0.247. The summed E-state index contributed by atoms with van der Waals surface area (Å²) in [7, 11) is 3.64. The first-order valence-electron chi connectivity index (χ1n) is 9.30. The van der Waals surface area contributed by atoms with E-state index in [-0.39, 0.29) is 5.79 Å². The predicted octanol–water partition coefficient (Wildman–Crippen LogP) is 6.33. The summed E-state index contributed by atoms with van der Waals surface area (Å²) in [4.78, 5) is 0. The maximum absolute atomic E-state index is 5.88. The van der Waals surface area contributed by atoms with Gasteiger partial charge in [0.25, 0.3) is 0 Å². The van der Waals surface area contributed by atoms with E-state index in [1.807, 2.05) is 14.2 Å². The van der Waals surface area contributed by atoms with Gasteiger partial charge in [0.2, 0.25) is 0 Å². The summed E-state index contributed by atoms with van der Waals surface area (Å²) < 4.78 is 11.8. The van der Waals surface area contributed by atoms with Crippen LogP contribution in [0.1, 0.15) is 97.8 Å². The van der Waals surface area contributed by atoms with E-state index in [1.54, 1.807) is 0 Å². The first-order valence-corrected chi connectivity index (χ1v) is 9.30. The molecule has 0 aromatic heterocycles. The lowest BCUT2D eigenvalue weighted by Crippen LogP contribution is -2.42. The van der Waals surface area contributed by atoms with Crippen molar-refractivity contribution in [3.05, 3.63) is 0 Å². The van der Waals surface area contributed by atoms with Gasteiger partial charge >= 0.3 is 0 Å². The summed E-state index contributed by atoms with van der Waals surface area (Å²) >= 11 is 0. The van der Waals surface area contributed by atoms with Crippen molar-refractivity contribution >= 4 is 0 Å². The highest BCUT2D eigenvalue weighted by molar-refractivity contribution is 4.79. The fourth-order valence-corrected chi connectivity index (χ4v) is 3.35. The molecule has 1 unspecified atom stereocenters. The van der Waals surface area contributed by atoms with Gasteiger partial charge in [-0.25, -0.2) is 0 Å². The van der Waals surface area contributed by atoms with Gasteiger partial charge in [0.05, 0.1) is 0 Å². The summed E-state index contributed by atoms with van der Waals surface area (Å²) in [6.45, 7) is 6.78. The molecule has 0 aromatic rings. The van der Waals surface area contributed by atoms with Gasteiger partial charge in [-0.05, 0) is 19.3 Å². The van der Waals surface area contributed by atoms with Crippen molar-refractivity contribution in [2.75, 3.05) is 14.2 Å². The van der Waals surface area contributed by atoms with E-state index in [0.717, 1.165) is 6.42 Å². The Kier molecular flexibility index (Phi) is 13.5. The number of unbranched alkanes of at least 4 members (excludes halogenated alkanes) is 6. The molecule has 0 saturated heterocycles. The number of rotatable bonds is 15. The van der Waals surface area contributed by atoms with E-state index in [1.165, 1.54) is 70.6 Å². The number of ether oxygens (including phenoxy) is 2. The lowest BCUT2D eigenvalue weighted by atomic mass is 9.85. The summed E-state index contributed by atoms with van der Waals surface area (Å²) in [5, 5.41) is 0. The SMILES string of the molecule is CCCCCCCCC(CCC)C(CCCC)(OC)OC. The van der Waals surface area contributed by atoms with Gasteiger partial charge in [-0.3, -0.25) is 0 Å². The molecule has 0 aliphatic carbocycles. The van der Waals surface area contributed by atoms with E-state index in [4.69, 9.17) is 9.47 Å². The minimum Gasteiger partial charge on any atom is -0.353 e. The minimum atomic E-state index is -0.352. The molecule has 0 spiro atoms. The molecule has 1 atom stereocenters. The summed E-state index contributed by atoms with van der Waals surface area (Å²) in [6.07, 6.45) is 15.2. The average Bonchev–Trinajstić information content (AvgIpc) is 2.52. The topological polar surface area (TPSA) is 18.5 Å². The molecule has 0 bridgehead atoms. The first kappa shape index (κ1) is 20.9. The first-order chi connectivity index (χ1) is 10.2. The smallest absolute Gasteiger partial charge is 0.170 e. The van der Waals surface area contributed by atoms with Crippen LogP contribution >= 0.6 is 0 Å². The second kappa shape index (κ2) is 13.6. The highest BCUT2D eigenvalue weighted by Gasteiger charge is 2.37. The van der Waals surface area contributed by atoms with Gasteiger partial charge in [-0.15, -0.1) is 0 Å². The van der Waals surface area contributed by atoms with Crippen molar-refractivity contribution in [2.24, 2.45) is 5.92 Å². The molecule has 0 radical (unpaired) electrons. The molecule has 0 amide bonds. The van der Waals surface area contributed by atoms with Crippen LogP contribution in [0.5, 0.6) is 0 Å². The second-order valence-corrected chi connectivity index (χ2v) is 6.37. The fraction of sp³-hybridized carbons (Fsp3) is 1.00. The maximum atomic E-state index is 5.88. The van der Waals surface area contributed by atoms with Gasteiger partial charge in [-0.2, -0.15) is 0 Å². The summed E-state index contributed by atoms with van der Waals surface area (Å²) in [5.74, 6) is 0.185. The Morgan fingerprint density at radius 2 is 1.24 bits per heavy atom. The van der Waals surface area contributed by atoms with Crippen LogP contribution in [0.3, 0.4) is 0 Å². The molecule has 0 N–H and O–H groups in total. The average molecular weight is 301 g/mol. The van der Waals surface area contributed by atoms with E-state index in [9.17, 15) is 0 Å². The standard InChI is InChI=1S/C19H40O2/c1-6-9-11-12-13-14-16-18(15-8-3)19(20-4,21-5)17-10-7-2/h18H,6-17H2,1-5H3. The van der Waals surface area contributed by atoms with Gasteiger partial charge < -0.3 is 9.47 Å². The molecule has 0 rings (SSSR count). The molecule has 2 heteroatoms. The van der Waals surface area contributed by atoms with Crippen molar-refractivity contribution in [1.82, 2.24) is 0 Å². The molecule has 0 fully saturated rings. The molecule has 0 saturated carbocycles. The van der Waals surface area contributed by atoms with Gasteiger partial charge in [0.1, 0.15) is 0 Å². The van der Waals surface area contributed by atoms with Crippen LogP contribution in [0.15, 0.2) is 0 Å². The normalized spacial score (nSPS) is 13.6. The lowest BCUT2D eigenvalue weighted by Gasteiger charge is -2.39. The molecule has 0 aliphatic rings. The van der Waals surface area contributed by atoms with Crippen LogP contribution in [0.2, 0.25) is 0 Å².